The molecule has 0 N–H and O–H groups in total. The van der Waals surface area contributed by atoms with E-state index in [1.807, 2.05) is 0 Å². The first kappa shape index (κ1) is 68.4. The second-order valence-electron chi connectivity index (χ2n) is 22.1. The second-order valence-corrected chi connectivity index (χ2v) is 22.1. The lowest BCUT2D eigenvalue weighted by Gasteiger charge is -2.18. The highest BCUT2D eigenvalue weighted by atomic mass is 16.6. The van der Waals surface area contributed by atoms with Crippen LogP contribution >= 0.6 is 0 Å². The molecule has 1 atom stereocenters. The minimum Gasteiger partial charge on any atom is -0.462 e. The standard InChI is InChI=1S/C64H124O6/c1-4-7-10-13-16-18-20-22-24-26-28-30-32-34-36-38-40-42-44-46-48-51-54-57-63(66)69-60-61(59-68-62(65)56-53-50-15-12-9-6-3)70-64(67)58-55-52-49-47-45-43-41-39-37-35-33-31-29-27-25-23-21-19-17-14-11-8-5-2/h61H,4-60H2,1-3H3. The molecule has 0 spiro atoms. The van der Waals surface area contributed by atoms with Crippen molar-refractivity contribution in [2.75, 3.05) is 13.2 Å². The van der Waals surface area contributed by atoms with Gasteiger partial charge in [-0.3, -0.25) is 14.4 Å². The van der Waals surface area contributed by atoms with Gasteiger partial charge in [-0.1, -0.05) is 335 Å². The van der Waals surface area contributed by atoms with Gasteiger partial charge in [0.2, 0.25) is 0 Å². The van der Waals surface area contributed by atoms with E-state index in [-0.39, 0.29) is 31.1 Å². The third-order valence-corrected chi connectivity index (χ3v) is 14.9. The molecular weight excluding hydrogens is 865 g/mol. The average molecular weight is 990 g/mol. The van der Waals surface area contributed by atoms with Gasteiger partial charge < -0.3 is 14.2 Å². The molecular formula is C64H124O6. The molecule has 0 amide bonds. The van der Waals surface area contributed by atoms with Crippen LogP contribution in [0.1, 0.15) is 374 Å². The van der Waals surface area contributed by atoms with Gasteiger partial charge in [0.15, 0.2) is 6.10 Å². The molecule has 0 aromatic carbocycles. The van der Waals surface area contributed by atoms with E-state index in [2.05, 4.69) is 20.8 Å². The average Bonchev–Trinajstić information content (AvgIpc) is 3.36. The van der Waals surface area contributed by atoms with Crippen molar-refractivity contribution in [3.05, 3.63) is 0 Å². The van der Waals surface area contributed by atoms with Gasteiger partial charge in [-0.05, 0) is 19.3 Å². The number of hydrogen-bond acceptors (Lipinski definition) is 6. The Morgan fingerprint density at radius 3 is 0.571 bits per heavy atom. The highest BCUT2D eigenvalue weighted by Crippen LogP contribution is 2.19. The normalized spacial score (nSPS) is 11.9. The summed E-state index contributed by atoms with van der Waals surface area (Å²) in [4.78, 5) is 38.0. The molecule has 0 heterocycles. The molecule has 0 aromatic rings. The first-order chi connectivity index (χ1) is 34.5. The van der Waals surface area contributed by atoms with Crippen LogP contribution in [0.5, 0.6) is 0 Å². The van der Waals surface area contributed by atoms with Gasteiger partial charge in [0.25, 0.3) is 0 Å². The largest absolute Gasteiger partial charge is 0.462 e. The molecule has 0 fully saturated rings. The highest BCUT2D eigenvalue weighted by molar-refractivity contribution is 5.71. The van der Waals surface area contributed by atoms with Crippen molar-refractivity contribution in [2.24, 2.45) is 0 Å². The van der Waals surface area contributed by atoms with Crippen LogP contribution in [0.25, 0.3) is 0 Å². The molecule has 0 rings (SSSR count). The Kier molecular flexibility index (Phi) is 58.6. The molecule has 0 aliphatic heterocycles. The summed E-state index contributed by atoms with van der Waals surface area (Å²) in [5, 5.41) is 0. The SMILES string of the molecule is CCCCCCCCCCCCCCCCCCCCCCCCCC(=O)OCC(COC(=O)CCCCCCCC)OC(=O)CCCCCCCCCCCCCCCCCCCCCCCCC. The Hall–Kier alpha value is -1.59. The molecule has 70 heavy (non-hydrogen) atoms. The van der Waals surface area contributed by atoms with Crippen LogP contribution < -0.4 is 0 Å². The molecule has 0 radical (unpaired) electrons. The smallest absolute Gasteiger partial charge is 0.306 e. The summed E-state index contributed by atoms with van der Waals surface area (Å²) in [7, 11) is 0. The van der Waals surface area contributed by atoms with Crippen molar-refractivity contribution >= 4 is 17.9 Å². The van der Waals surface area contributed by atoms with Crippen molar-refractivity contribution in [1.29, 1.82) is 0 Å². The molecule has 0 aliphatic rings. The number of carbonyl (C=O) groups is 3. The lowest BCUT2D eigenvalue weighted by molar-refractivity contribution is -0.167. The lowest BCUT2D eigenvalue weighted by atomic mass is 10.0. The zero-order valence-corrected chi connectivity index (χ0v) is 47.8. The monoisotopic (exact) mass is 989 g/mol. The topological polar surface area (TPSA) is 78.9 Å². The van der Waals surface area contributed by atoms with Gasteiger partial charge in [-0.15, -0.1) is 0 Å². The van der Waals surface area contributed by atoms with Crippen LogP contribution in [0.2, 0.25) is 0 Å². The Morgan fingerprint density at radius 1 is 0.229 bits per heavy atom. The minimum absolute atomic E-state index is 0.0619. The molecule has 0 aliphatic carbocycles. The van der Waals surface area contributed by atoms with Crippen LogP contribution in [0.4, 0.5) is 0 Å². The third kappa shape index (κ3) is 57.3. The fraction of sp³-hybridized carbons (Fsp3) is 0.953. The van der Waals surface area contributed by atoms with E-state index >= 15 is 0 Å². The number of ether oxygens (including phenoxy) is 3. The zero-order valence-electron chi connectivity index (χ0n) is 47.8. The summed E-state index contributed by atoms with van der Waals surface area (Å²) >= 11 is 0. The second kappa shape index (κ2) is 60.0. The maximum Gasteiger partial charge on any atom is 0.306 e. The van der Waals surface area contributed by atoms with Gasteiger partial charge in [0.05, 0.1) is 0 Å². The molecule has 6 nitrogen and oxygen atoms in total. The van der Waals surface area contributed by atoms with E-state index in [0.29, 0.717) is 19.3 Å². The fourth-order valence-electron chi connectivity index (χ4n) is 10.0. The van der Waals surface area contributed by atoms with E-state index in [1.54, 1.807) is 0 Å². The molecule has 0 bridgehead atoms. The minimum atomic E-state index is -0.760. The van der Waals surface area contributed by atoms with E-state index < -0.39 is 6.10 Å². The summed E-state index contributed by atoms with van der Waals surface area (Å²) in [6.07, 6.45) is 68.7. The van der Waals surface area contributed by atoms with Gasteiger partial charge in [-0.25, -0.2) is 0 Å². The number of hydrogen-bond donors (Lipinski definition) is 0. The molecule has 416 valence electrons. The molecule has 0 saturated carbocycles. The van der Waals surface area contributed by atoms with Crippen molar-refractivity contribution in [2.45, 2.75) is 380 Å². The predicted octanol–water partition coefficient (Wildman–Crippen LogP) is 21.5. The van der Waals surface area contributed by atoms with Crippen LogP contribution in [-0.2, 0) is 28.6 Å². The summed E-state index contributed by atoms with van der Waals surface area (Å²) in [5.74, 6) is -0.841. The van der Waals surface area contributed by atoms with Crippen LogP contribution in [-0.4, -0.2) is 37.2 Å². The molecule has 0 aromatic heterocycles. The summed E-state index contributed by atoms with van der Waals surface area (Å²) in [6.45, 7) is 6.66. The molecule has 0 saturated heterocycles. The number of esters is 3. The van der Waals surface area contributed by atoms with Gasteiger partial charge in [0, 0.05) is 19.3 Å². The molecule has 6 heteroatoms. The van der Waals surface area contributed by atoms with Crippen LogP contribution in [0, 0.1) is 0 Å². The van der Waals surface area contributed by atoms with Crippen molar-refractivity contribution in [3.63, 3.8) is 0 Å². The van der Waals surface area contributed by atoms with Crippen LogP contribution in [0.15, 0.2) is 0 Å². The van der Waals surface area contributed by atoms with Crippen molar-refractivity contribution in [3.8, 4) is 0 Å². The Balaban J connectivity index is 4.01. The number of unbranched alkanes of at least 4 members (excludes halogenated alkanes) is 49. The number of carbonyl (C=O) groups excluding carboxylic acids is 3. The Morgan fingerprint density at radius 2 is 0.386 bits per heavy atom. The van der Waals surface area contributed by atoms with Gasteiger partial charge in [0.1, 0.15) is 13.2 Å². The highest BCUT2D eigenvalue weighted by Gasteiger charge is 2.19. The Bertz CT molecular complexity index is 1040. The first-order valence-corrected chi connectivity index (χ1v) is 32.0. The lowest BCUT2D eigenvalue weighted by Crippen LogP contribution is -2.30. The van der Waals surface area contributed by atoms with E-state index in [1.165, 1.54) is 276 Å². The van der Waals surface area contributed by atoms with Gasteiger partial charge in [-0.2, -0.15) is 0 Å². The summed E-state index contributed by atoms with van der Waals surface area (Å²) in [6, 6.07) is 0. The van der Waals surface area contributed by atoms with Crippen molar-refractivity contribution in [1.82, 2.24) is 0 Å². The van der Waals surface area contributed by atoms with E-state index in [4.69, 9.17) is 14.2 Å². The summed E-state index contributed by atoms with van der Waals surface area (Å²) in [5.41, 5.74) is 0. The van der Waals surface area contributed by atoms with Crippen LogP contribution in [0.3, 0.4) is 0 Å². The maximum atomic E-state index is 12.8. The molecule has 1 unspecified atom stereocenters. The predicted molar refractivity (Wildman–Crippen MR) is 303 cm³/mol. The number of rotatable bonds is 60. The quantitative estimate of drug-likeness (QED) is 0.0343. The van der Waals surface area contributed by atoms with Crippen molar-refractivity contribution < 1.29 is 28.6 Å². The Labute approximate surface area is 438 Å². The van der Waals surface area contributed by atoms with E-state index in [9.17, 15) is 14.4 Å². The maximum absolute atomic E-state index is 12.8. The van der Waals surface area contributed by atoms with E-state index in [0.717, 1.165) is 57.8 Å². The van der Waals surface area contributed by atoms with Gasteiger partial charge >= 0.3 is 17.9 Å². The first-order valence-electron chi connectivity index (χ1n) is 32.0. The zero-order chi connectivity index (χ0) is 50.7. The fourth-order valence-corrected chi connectivity index (χ4v) is 10.0. The third-order valence-electron chi connectivity index (χ3n) is 14.9. The summed E-state index contributed by atoms with van der Waals surface area (Å²) < 4.78 is 16.8.